The summed E-state index contributed by atoms with van der Waals surface area (Å²) in [5.74, 6) is -0.00732. The van der Waals surface area contributed by atoms with Gasteiger partial charge in [0.25, 0.3) is 0 Å². The molecule has 1 N–H and O–H groups in total. The van der Waals surface area contributed by atoms with Crippen LogP contribution >= 0.6 is 0 Å². The van der Waals surface area contributed by atoms with E-state index >= 15 is 0 Å². The Balaban J connectivity index is 2.50. The standard InChI is InChI=1S/C23H38O4/c1-8-22(4,5)16-23(6,7)12-10-11-13-27-18-14-17(3)20(19(24)15-18)21(25)26-9-2/h14-15,24H,8-13,16H2,1-7H3. The van der Waals surface area contributed by atoms with E-state index in [0.29, 0.717) is 28.7 Å². The first-order valence-corrected chi connectivity index (χ1v) is 10.1. The molecule has 0 bridgehead atoms. The summed E-state index contributed by atoms with van der Waals surface area (Å²) >= 11 is 0. The second kappa shape index (κ2) is 10.0. The van der Waals surface area contributed by atoms with Gasteiger partial charge >= 0.3 is 5.97 Å². The van der Waals surface area contributed by atoms with Crippen molar-refractivity contribution in [1.82, 2.24) is 0 Å². The van der Waals surface area contributed by atoms with E-state index in [0.717, 1.165) is 12.8 Å². The summed E-state index contributed by atoms with van der Waals surface area (Å²) in [5, 5.41) is 10.1. The fourth-order valence-corrected chi connectivity index (χ4v) is 3.69. The first-order chi connectivity index (χ1) is 12.5. The Morgan fingerprint density at radius 3 is 2.30 bits per heavy atom. The van der Waals surface area contributed by atoms with E-state index in [4.69, 9.17) is 9.47 Å². The summed E-state index contributed by atoms with van der Waals surface area (Å²) in [6, 6.07) is 3.27. The minimum Gasteiger partial charge on any atom is -0.507 e. The van der Waals surface area contributed by atoms with E-state index in [1.54, 1.807) is 19.9 Å². The van der Waals surface area contributed by atoms with Crippen molar-refractivity contribution in [3.05, 3.63) is 23.3 Å². The molecule has 1 rings (SSSR count). The lowest BCUT2D eigenvalue weighted by Crippen LogP contribution is -2.22. The highest BCUT2D eigenvalue weighted by Crippen LogP contribution is 2.39. The lowest BCUT2D eigenvalue weighted by atomic mass is 9.71. The Labute approximate surface area is 165 Å². The van der Waals surface area contributed by atoms with E-state index in [-0.39, 0.29) is 17.9 Å². The van der Waals surface area contributed by atoms with Crippen LogP contribution in [0.2, 0.25) is 0 Å². The molecule has 0 fully saturated rings. The first kappa shape index (κ1) is 23.3. The van der Waals surface area contributed by atoms with Crippen LogP contribution in [-0.2, 0) is 4.74 Å². The summed E-state index contributed by atoms with van der Waals surface area (Å²) in [6.45, 7) is 16.0. The molecular formula is C23H38O4. The molecule has 0 saturated heterocycles. The van der Waals surface area contributed by atoms with Crippen LogP contribution in [0, 0.1) is 17.8 Å². The molecule has 27 heavy (non-hydrogen) atoms. The minimum absolute atomic E-state index is 0.0913. The molecule has 0 heterocycles. The number of unbranched alkanes of at least 4 members (excludes halogenated alkanes) is 1. The summed E-state index contributed by atoms with van der Waals surface area (Å²) in [6.07, 6.45) is 5.67. The molecule has 4 nitrogen and oxygen atoms in total. The van der Waals surface area contributed by atoms with Crippen LogP contribution in [0.4, 0.5) is 0 Å². The number of ether oxygens (including phenoxy) is 2. The molecule has 0 spiro atoms. The van der Waals surface area contributed by atoms with Crippen LogP contribution < -0.4 is 4.74 Å². The first-order valence-electron chi connectivity index (χ1n) is 10.1. The fourth-order valence-electron chi connectivity index (χ4n) is 3.69. The fraction of sp³-hybridized carbons (Fsp3) is 0.696. The van der Waals surface area contributed by atoms with Crippen LogP contribution in [0.15, 0.2) is 12.1 Å². The Hall–Kier alpha value is -1.71. The molecule has 1 aromatic rings. The van der Waals surface area contributed by atoms with Gasteiger partial charge in [0.05, 0.1) is 13.2 Å². The zero-order valence-corrected chi connectivity index (χ0v) is 18.3. The third-order valence-electron chi connectivity index (χ3n) is 5.20. The number of esters is 1. The quantitative estimate of drug-likeness (QED) is 0.364. The maximum atomic E-state index is 11.9. The predicted molar refractivity (Wildman–Crippen MR) is 111 cm³/mol. The van der Waals surface area contributed by atoms with E-state index in [1.807, 2.05) is 0 Å². The molecular weight excluding hydrogens is 340 g/mol. The smallest absolute Gasteiger partial charge is 0.342 e. The van der Waals surface area contributed by atoms with Crippen LogP contribution in [0.1, 0.15) is 89.6 Å². The van der Waals surface area contributed by atoms with Crippen LogP contribution in [0.3, 0.4) is 0 Å². The zero-order valence-electron chi connectivity index (χ0n) is 18.3. The largest absolute Gasteiger partial charge is 0.507 e. The molecule has 0 aliphatic heterocycles. The lowest BCUT2D eigenvalue weighted by Gasteiger charge is -2.34. The van der Waals surface area contributed by atoms with Crippen molar-refractivity contribution in [1.29, 1.82) is 0 Å². The number of phenols is 1. The molecule has 4 heteroatoms. The van der Waals surface area contributed by atoms with Crippen molar-refractivity contribution in [3.8, 4) is 11.5 Å². The number of hydrogen-bond donors (Lipinski definition) is 1. The molecule has 0 aliphatic carbocycles. The molecule has 0 saturated carbocycles. The van der Waals surface area contributed by atoms with Crippen molar-refractivity contribution in [2.45, 2.75) is 80.6 Å². The molecule has 1 aromatic carbocycles. The molecule has 0 aliphatic rings. The molecule has 0 unspecified atom stereocenters. The Morgan fingerprint density at radius 1 is 1.07 bits per heavy atom. The van der Waals surface area contributed by atoms with E-state index < -0.39 is 5.97 Å². The number of aromatic hydroxyl groups is 1. The van der Waals surface area contributed by atoms with E-state index in [1.165, 1.54) is 25.3 Å². The topological polar surface area (TPSA) is 55.8 Å². The van der Waals surface area contributed by atoms with Crippen LogP contribution in [-0.4, -0.2) is 24.3 Å². The summed E-state index contributed by atoms with van der Waals surface area (Å²) in [7, 11) is 0. The zero-order chi connectivity index (χ0) is 20.7. The average molecular weight is 379 g/mol. The Morgan fingerprint density at radius 2 is 1.74 bits per heavy atom. The third-order valence-corrected chi connectivity index (χ3v) is 5.20. The summed E-state index contributed by atoms with van der Waals surface area (Å²) in [5.41, 5.74) is 1.58. The number of aryl methyl sites for hydroxylation is 1. The number of carbonyl (C=O) groups is 1. The molecule has 154 valence electrons. The highest BCUT2D eigenvalue weighted by atomic mass is 16.5. The molecule has 0 aromatic heterocycles. The van der Waals surface area contributed by atoms with Crippen molar-refractivity contribution >= 4 is 5.97 Å². The van der Waals surface area contributed by atoms with Gasteiger partial charge < -0.3 is 14.6 Å². The highest BCUT2D eigenvalue weighted by molar-refractivity contribution is 5.94. The van der Waals surface area contributed by atoms with Gasteiger partial charge in [0.2, 0.25) is 0 Å². The summed E-state index contributed by atoms with van der Waals surface area (Å²) < 4.78 is 10.8. The van der Waals surface area contributed by atoms with Gasteiger partial charge in [-0.25, -0.2) is 4.79 Å². The monoisotopic (exact) mass is 378 g/mol. The van der Waals surface area contributed by atoms with Gasteiger partial charge in [-0.05, 0) is 62.0 Å². The summed E-state index contributed by atoms with van der Waals surface area (Å²) in [4.78, 5) is 11.9. The van der Waals surface area contributed by atoms with E-state index in [2.05, 4.69) is 34.6 Å². The van der Waals surface area contributed by atoms with Crippen molar-refractivity contribution in [2.24, 2.45) is 10.8 Å². The maximum Gasteiger partial charge on any atom is 0.342 e. The second-order valence-electron chi connectivity index (χ2n) is 9.02. The average Bonchev–Trinajstić information content (AvgIpc) is 2.53. The van der Waals surface area contributed by atoms with Gasteiger partial charge in [0.1, 0.15) is 17.1 Å². The van der Waals surface area contributed by atoms with Gasteiger partial charge in [-0.2, -0.15) is 0 Å². The predicted octanol–water partition coefficient (Wildman–Crippen LogP) is 6.28. The lowest BCUT2D eigenvalue weighted by molar-refractivity contribution is 0.0522. The second-order valence-corrected chi connectivity index (χ2v) is 9.02. The van der Waals surface area contributed by atoms with E-state index in [9.17, 15) is 9.90 Å². The number of phenolic OH excluding ortho intramolecular Hbond substituents is 1. The Kier molecular flexibility index (Phi) is 8.64. The molecule has 0 radical (unpaired) electrons. The number of benzene rings is 1. The normalized spacial score (nSPS) is 12.1. The minimum atomic E-state index is -0.503. The van der Waals surface area contributed by atoms with Gasteiger partial charge in [0.15, 0.2) is 0 Å². The van der Waals surface area contributed by atoms with Gasteiger partial charge in [-0.1, -0.05) is 41.0 Å². The maximum absolute atomic E-state index is 11.9. The molecule has 0 amide bonds. The van der Waals surface area contributed by atoms with Crippen molar-refractivity contribution in [3.63, 3.8) is 0 Å². The number of hydrogen-bond acceptors (Lipinski definition) is 4. The Bertz CT molecular complexity index is 594. The third kappa shape index (κ3) is 7.82. The van der Waals surface area contributed by atoms with Gasteiger partial charge in [-0.3, -0.25) is 0 Å². The molecule has 0 atom stereocenters. The van der Waals surface area contributed by atoms with Crippen LogP contribution in [0.25, 0.3) is 0 Å². The highest BCUT2D eigenvalue weighted by Gasteiger charge is 2.27. The van der Waals surface area contributed by atoms with Crippen molar-refractivity contribution < 1.29 is 19.4 Å². The number of carbonyl (C=O) groups excluding carboxylic acids is 1. The van der Waals surface area contributed by atoms with Gasteiger partial charge in [-0.15, -0.1) is 0 Å². The van der Waals surface area contributed by atoms with Crippen LogP contribution in [0.5, 0.6) is 11.5 Å². The van der Waals surface area contributed by atoms with Crippen molar-refractivity contribution in [2.75, 3.05) is 13.2 Å². The number of rotatable bonds is 11. The van der Waals surface area contributed by atoms with Gasteiger partial charge in [0, 0.05) is 6.07 Å². The SMILES string of the molecule is CCOC(=O)c1c(C)cc(OCCCCC(C)(C)CC(C)(C)CC)cc1O.